The molecule has 2 N–H and O–H groups in total. The molecule has 7 nitrogen and oxygen atoms in total. The largest absolute Gasteiger partial charge is 0.497 e. The lowest BCUT2D eigenvalue weighted by Gasteiger charge is -2.14. The number of rotatable bonds is 8. The molecule has 2 amide bonds. The number of alkyl halides is 1. The third-order valence-corrected chi connectivity index (χ3v) is 5.65. The van der Waals surface area contributed by atoms with Gasteiger partial charge >= 0.3 is 0 Å². The minimum Gasteiger partial charge on any atom is -0.497 e. The first-order valence-corrected chi connectivity index (χ1v) is 10.3. The van der Waals surface area contributed by atoms with E-state index in [4.69, 9.17) is 9.47 Å². The second-order valence-corrected chi connectivity index (χ2v) is 8.20. The van der Waals surface area contributed by atoms with Crippen molar-refractivity contribution in [2.24, 2.45) is 0 Å². The summed E-state index contributed by atoms with van der Waals surface area (Å²) >= 11 is 2.45. The highest BCUT2D eigenvalue weighted by Crippen LogP contribution is 2.31. The van der Waals surface area contributed by atoms with Crippen LogP contribution in [0.4, 0.5) is 9.39 Å². The molecule has 0 atom stereocenters. The molecule has 2 rings (SSSR count). The Bertz CT molecular complexity index is 865. The lowest BCUT2D eigenvalue weighted by molar-refractivity contribution is -0.125. The molecule has 1 aromatic carbocycles. The second-order valence-electron chi connectivity index (χ2n) is 6.15. The maximum Gasteiger partial charge on any atom is 0.273 e. The fourth-order valence-corrected chi connectivity index (χ4v) is 3.59. The highest BCUT2D eigenvalue weighted by atomic mass is 32.2. The first-order chi connectivity index (χ1) is 13.2. The number of thioether (sulfide) groups is 1. The smallest absolute Gasteiger partial charge is 0.273 e. The zero-order valence-corrected chi connectivity index (χ0v) is 17.8. The molecule has 0 bridgehead atoms. The van der Waals surface area contributed by atoms with E-state index in [-0.39, 0.29) is 17.2 Å². The number of halogens is 1. The Kier molecular flexibility index (Phi) is 7.25. The van der Waals surface area contributed by atoms with Crippen LogP contribution in [0.1, 0.15) is 29.9 Å². The Labute approximate surface area is 171 Å². The van der Waals surface area contributed by atoms with Crippen molar-refractivity contribution >= 4 is 39.9 Å². The summed E-state index contributed by atoms with van der Waals surface area (Å²) in [6.07, 6.45) is 1.80. The predicted octanol–water partition coefficient (Wildman–Crippen LogP) is 3.50. The molecule has 0 unspecified atom stereocenters. The Morgan fingerprint density at radius 3 is 2.57 bits per heavy atom. The van der Waals surface area contributed by atoms with E-state index >= 15 is 0 Å². The van der Waals surface area contributed by atoms with Gasteiger partial charge in [-0.25, -0.2) is 9.37 Å². The van der Waals surface area contributed by atoms with Gasteiger partial charge in [0.15, 0.2) is 15.7 Å². The lowest BCUT2D eigenvalue weighted by atomic mass is 10.1. The number of benzene rings is 1. The van der Waals surface area contributed by atoms with Crippen LogP contribution in [-0.2, 0) is 11.3 Å². The van der Waals surface area contributed by atoms with Gasteiger partial charge in [-0.15, -0.1) is 0 Å². The zero-order chi connectivity index (χ0) is 20.9. The van der Waals surface area contributed by atoms with E-state index in [0.29, 0.717) is 15.8 Å². The van der Waals surface area contributed by atoms with Gasteiger partial charge in [-0.3, -0.25) is 9.59 Å². The summed E-state index contributed by atoms with van der Waals surface area (Å²) in [6.45, 7) is 2.48. The van der Waals surface area contributed by atoms with Crippen molar-refractivity contribution in [1.29, 1.82) is 0 Å². The molecule has 0 aliphatic rings. The Morgan fingerprint density at radius 2 is 2.00 bits per heavy atom. The molecule has 0 radical (unpaired) electrons. The average Bonchev–Trinajstić information content (AvgIpc) is 3.08. The maximum atomic E-state index is 13.8. The van der Waals surface area contributed by atoms with Crippen LogP contribution in [0.3, 0.4) is 0 Å². The van der Waals surface area contributed by atoms with Crippen molar-refractivity contribution in [3.63, 3.8) is 0 Å². The molecule has 0 saturated heterocycles. The van der Waals surface area contributed by atoms with Crippen molar-refractivity contribution in [1.82, 2.24) is 10.3 Å². The first kappa shape index (κ1) is 22.0. The Balaban J connectivity index is 2.18. The SMILES string of the molecule is COc1ccc(CNC(=O)c2nc(SC)sc2NC(=O)C(C)(C)F)c(OC)c1. The summed E-state index contributed by atoms with van der Waals surface area (Å²) in [5.41, 5.74) is -1.29. The lowest BCUT2D eigenvalue weighted by Crippen LogP contribution is -2.33. The number of amides is 2. The van der Waals surface area contributed by atoms with Crippen LogP contribution in [0.25, 0.3) is 0 Å². The maximum absolute atomic E-state index is 13.8. The number of aromatic nitrogens is 1. The van der Waals surface area contributed by atoms with Crippen LogP contribution in [0.15, 0.2) is 22.5 Å². The van der Waals surface area contributed by atoms with E-state index in [9.17, 15) is 14.0 Å². The van der Waals surface area contributed by atoms with Crippen LogP contribution >= 0.6 is 23.1 Å². The quantitative estimate of drug-likeness (QED) is 0.627. The van der Waals surface area contributed by atoms with Gasteiger partial charge in [-0.2, -0.15) is 0 Å². The van der Waals surface area contributed by atoms with Crippen LogP contribution < -0.4 is 20.1 Å². The molecule has 152 valence electrons. The number of ether oxygens (including phenoxy) is 2. The van der Waals surface area contributed by atoms with Crippen LogP contribution in [0, 0.1) is 0 Å². The summed E-state index contributed by atoms with van der Waals surface area (Å²) in [7, 11) is 3.08. The summed E-state index contributed by atoms with van der Waals surface area (Å²) < 4.78 is 24.9. The van der Waals surface area contributed by atoms with Gasteiger partial charge in [0, 0.05) is 18.2 Å². The molecule has 0 spiro atoms. The van der Waals surface area contributed by atoms with Crippen molar-refractivity contribution < 1.29 is 23.5 Å². The molecular formula is C18H22FN3O4S2. The number of hydrogen-bond acceptors (Lipinski definition) is 7. The van der Waals surface area contributed by atoms with E-state index in [2.05, 4.69) is 15.6 Å². The first-order valence-electron chi connectivity index (χ1n) is 8.23. The number of nitrogens with zero attached hydrogens (tertiary/aromatic N) is 1. The number of hydrogen-bond donors (Lipinski definition) is 2. The van der Waals surface area contributed by atoms with Gasteiger partial charge in [-0.05, 0) is 32.2 Å². The van der Waals surface area contributed by atoms with Gasteiger partial charge in [0.25, 0.3) is 11.8 Å². The molecule has 0 aliphatic carbocycles. The number of nitrogens with one attached hydrogen (secondary N) is 2. The van der Waals surface area contributed by atoms with Gasteiger partial charge in [0.05, 0.1) is 14.2 Å². The van der Waals surface area contributed by atoms with Crippen molar-refractivity contribution in [2.45, 2.75) is 30.4 Å². The predicted molar refractivity (Wildman–Crippen MR) is 108 cm³/mol. The number of carbonyl (C=O) groups excluding carboxylic acids is 2. The average molecular weight is 428 g/mol. The van der Waals surface area contributed by atoms with E-state index in [1.165, 1.54) is 18.9 Å². The summed E-state index contributed by atoms with van der Waals surface area (Å²) in [5.74, 6) is -0.124. The molecule has 1 heterocycles. The summed E-state index contributed by atoms with van der Waals surface area (Å²) in [6, 6.07) is 5.25. The number of anilines is 1. The van der Waals surface area contributed by atoms with Crippen molar-refractivity contribution in [2.75, 3.05) is 25.8 Å². The fourth-order valence-electron chi connectivity index (χ4n) is 2.14. The molecule has 0 aliphatic heterocycles. The van der Waals surface area contributed by atoms with Gasteiger partial charge in [0.1, 0.15) is 16.5 Å². The molecule has 0 fully saturated rings. The monoisotopic (exact) mass is 427 g/mol. The minimum atomic E-state index is -2.08. The number of carbonyl (C=O) groups is 2. The van der Waals surface area contributed by atoms with E-state index in [1.807, 2.05) is 0 Å². The summed E-state index contributed by atoms with van der Waals surface area (Å²) in [4.78, 5) is 28.8. The molecule has 28 heavy (non-hydrogen) atoms. The highest BCUT2D eigenvalue weighted by molar-refractivity contribution is 8.00. The second kappa shape index (κ2) is 9.24. The number of thiazole rings is 1. The van der Waals surface area contributed by atoms with E-state index < -0.39 is 17.5 Å². The molecule has 2 aromatic rings. The normalized spacial score (nSPS) is 11.1. The molecule has 10 heteroatoms. The van der Waals surface area contributed by atoms with Crippen LogP contribution in [0.5, 0.6) is 11.5 Å². The molecular weight excluding hydrogens is 405 g/mol. The summed E-state index contributed by atoms with van der Waals surface area (Å²) in [5, 5.41) is 5.40. The zero-order valence-electron chi connectivity index (χ0n) is 16.2. The van der Waals surface area contributed by atoms with E-state index in [0.717, 1.165) is 30.7 Å². The third kappa shape index (κ3) is 5.35. The van der Waals surface area contributed by atoms with Gasteiger partial charge in [-0.1, -0.05) is 23.1 Å². The molecule has 1 aromatic heterocycles. The van der Waals surface area contributed by atoms with E-state index in [1.54, 1.807) is 31.6 Å². The van der Waals surface area contributed by atoms with Crippen LogP contribution in [-0.4, -0.2) is 42.9 Å². The van der Waals surface area contributed by atoms with Crippen LogP contribution in [0.2, 0.25) is 0 Å². The van der Waals surface area contributed by atoms with Crippen molar-refractivity contribution in [3.8, 4) is 11.5 Å². The molecule has 0 saturated carbocycles. The highest BCUT2D eigenvalue weighted by Gasteiger charge is 2.29. The third-order valence-electron chi connectivity index (χ3n) is 3.70. The Morgan fingerprint density at radius 1 is 1.29 bits per heavy atom. The van der Waals surface area contributed by atoms with Crippen molar-refractivity contribution in [3.05, 3.63) is 29.5 Å². The minimum absolute atomic E-state index is 0.0411. The number of methoxy groups -OCH3 is 2. The standard InChI is InChI=1S/C18H22FN3O4S2/c1-18(2,19)16(24)22-15-13(21-17(27-5)28-15)14(23)20-9-10-6-7-11(25-3)8-12(10)26-4/h6-8H,9H2,1-5H3,(H,20,23)(H,22,24). The topological polar surface area (TPSA) is 89.5 Å². The fraction of sp³-hybridized carbons (Fsp3) is 0.389. The van der Waals surface area contributed by atoms with Gasteiger partial charge < -0.3 is 20.1 Å². The van der Waals surface area contributed by atoms with Gasteiger partial charge in [0.2, 0.25) is 0 Å². The Hall–Kier alpha value is -2.33.